The quantitative estimate of drug-likeness (QED) is 0.761. The number of hydrogen-bond acceptors (Lipinski definition) is 6. The van der Waals surface area contributed by atoms with Crippen LogP contribution in [0.5, 0.6) is 11.5 Å². The number of sulfonamides is 1. The van der Waals surface area contributed by atoms with Crippen molar-refractivity contribution < 1.29 is 22.7 Å². The molecule has 1 aliphatic rings. The molecule has 2 aromatic rings. The number of methoxy groups -OCH3 is 2. The minimum absolute atomic E-state index is 0.0481. The highest BCUT2D eigenvalue weighted by molar-refractivity contribution is 7.89. The molecule has 0 unspecified atom stereocenters. The predicted molar refractivity (Wildman–Crippen MR) is 102 cm³/mol. The van der Waals surface area contributed by atoms with Crippen LogP contribution >= 0.6 is 0 Å². The summed E-state index contributed by atoms with van der Waals surface area (Å²) in [5, 5.41) is 0.0672. The second kappa shape index (κ2) is 8.61. The molecule has 1 amide bonds. The highest BCUT2D eigenvalue weighted by Gasteiger charge is 2.29. The summed E-state index contributed by atoms with van der Waals surface area (Å²) in [7, 11) is -0.513. The number of carbonyl (C=O) groups excluding carboxylic acids is 1. The minimum Gasteiger partial charge on any atom is -0.493 e. The second-order valence-corrected chi connectivity index (χ2v) is 8.33. The van der Waals surface area contributed by atoms with Gasteiger partial charge in [-0.25, -0.2) is 13.4 Å². The highest BCUT2D eigenvalue weighted by Crippen LogP contribution is 2.28. The number of nitrogens with one attached hydrogen (secondary N) is 1. The predicted octanol–water partition coefficient (Wildman–Crippen LogP) is 0.893. The van der Waals surface area contributed by atoms with Crippen molar-refractivity contribution in [1.82, 2.24) is 19.2 Å². The SMILES string of the molecule is COc1ccc(CC(=O)N2CCCN(S(=O)(=O)c3cnc[nH]3)CC2)cc1OC. The van der Waals surface area contributed by atoms with Gasteiger partial charge in [-0.15, -0.1) is 0 Å². The zero-order valence-electron chi connectivity index (χ0n) is 15.9. The van der Waals surface area contributed by atoms with Crippen LogP contribution in [0.25, 0.3) is 0 Å². The molecular weight excluding hydrogens is 384 g/mol. The fourth-order valence-corrected chi connectivity index (χ4v) is 4.55. The van der Waals surface area contributed by atoms with E-state index in [0.717, 1.165) is 5.56 Å². The maximum atomic E-state index is 12.7. The third kappa shape index (κ3) is 4.28. The van der Waals surface area contributed by atoms with E-state index in [1.165, 1.54) is 16.8 Å². The van der Waals surface area contributed by atoms with E-state index in [4.69, 9.17) is 9.47 Å². The highest BCUT2D eigenvalue weighted by atomic mass is 32.2. The van der Waals surface area contributed by atoms with Crippen LogP contribution in [0.2, 0.25) is 0 Å². The number of H-pyrrole nitrogens is 1. The van der Waals surface area contributed by atoms with Crippen LogP contribution in [0, 0.1) is 0 Å². The lowest BCUT2D eigenvalue weighted by Crippen LogP contribution is -2.38. The van der Waals surface area contributed by atoms with Gasteiger partial charge < -0.3 is 19.4 Å². The Morgan fingerprint density at radius 2 is 1.93 bits per heavy atom. The number of benzene rings is 1. The standard InChI is InChI=1S/C18H24N4O5S/c1-26-15-5-4-14(10-16(15)27-2)11-18(23)21-6-3-7-22(9-8-21)28(24,25)17-12-19-13-20-17/h4-5,10,12-13H,3,6-9,11H2,1-2H3,(H,19,20). The smallest absolute Gasteiger partial charge is 0.260 e. The average Bonchev–Trinajstić information content (AvgIpc) is 3.13. The summed E-state index contributed by atoms with van der Waals surface area (Å²) in [6.45, 7) is 1.47. The van der Waals surface area contributed by atoms with Crippen molar-refractivity contribution in [3.8, 4) is 11.5 Å². The van der Waals surface area contributed by atoms with Crippen LogP contribution < -0.4 is 9.47 Å². The van der Waals surface area contributed by atoms with Crippen LogP contribution in [0.4, 0.5) is 0 Å². The number of amides is 1. The number of aromatic amines is 1. The molecule has 1 aliphatic heterocycles. The van der Waals surface area contributed by atoms with Crippen molar-refractivity contribution in [2.75, 3.05) is 40.4 Å². The molecule has 9 nitrogen and oxygen atoms in total. The summed E-state index contributed by atoms with van der Waals surface area (Å²) >= 11 is 0. The van der Waals surface area contributed by atoms with Gasteiger partial charge in [0.2, 0.25) is 5.91 Å². The third-order valence-electron chi connectivity index (χ3n) is 4.70. The second-order valence-electron chi connectivity index (χ2n) is 6.42. The Morgan fingerprint density at radius 1 is 1.14 bits per heavy atom. The van der Waals surface area contributed by atoms with Crippen molar-refractivity contribution in [1.29, 1.82) is 0 Å². The van der Waals surface area contributed by atoms with Crippen molar-refractivity contribution in [2.45, 2.75) is 17.9 Å². The van der Waals surface area contributed by atoms with Crippen molar-refractivity contribution in [2.24, 2.45) is 0 Å². The molecule has 0 saturated carbocycles. The van der Waals surface area contributed by atoms with E-state index < -0.39 is 10.0 Å². The van der Waals surface area contributed by atoms with Crippen LogP contribution in [0.1, 0.15) is 12.0 Å². The molecular formula is C18H24N4O5S. The third-order valence-corrected chi connectivity index (χ3v) is 6.53. The molecule has 1 saturated heterocycles. The molecule has 1 N–H and O–H groups in total. The Labute approximate surface area is 164 Å². The molecule has 0 radical (unpaired) electrons. The molecule has 1 aromatic carbocycles. The number of hydrogen-bond donors (Lipinski definition) is 1. The maximum Gasteiger partial charge on any atom is 0.260 e. The summed E-state index contributed by atoms with van der Waals surface area (Å²) in [5.74, 6) is 1.13. The fourth-order valence-electron chi connectivity index (χ4n) is 3.18. The molecule has 10 heteroatoms. The Bertz CT molecular complexity index is 914. The summed E-state index contributed by atoms with van der Waals surface area (Å²) in [4.78, 5) is 20.9. The normalized spacial score (nSPS) is 15.9. The zero-order valence-corrected chi connectivity index (χ0v) is 16.7. The topological polar surface area (TPSA) is 105 Å². The molecule has 1 aromatic heterocycles. The zero-order chi connectivity index (χ0) is 20.1. The van der Waals surface area contributed by atoms with Crippen LogP contribution in [0.3, 0.4) is 0 Å². The van der Waals surface area contributed by atoms with Gasteiger partial charge in [-0.05, 0) is 24.1 Å². The molecule has 0 spiro atoms. The number of carbonyl (C=O) groups is 1. The first-order chi connectivity index (χ1) is 13.5. The number of nitrogens with zero attached hydrogens (tertiary/aromatic N) is 3. The van der Waals surface area contributed by atoms with Gasteiger partial charge in [-0.1, -0.05) is 6.07 Å². The molecule has 0 aliphatic carbocycles. The van der Waals surface area contributed by atoms with Gasteiger partial charge >= 0.3 is 0 Å². The number of aromatic nitrogens is 2. The molecule has 28 heavy (non-hydrogen) atoms. The molecule has 152 valence electrons. The summed E-state index contributed by atoms with van der Waals surface area (Å²) in [6, 6.07) is 5.37. The van der Waals surface area contributed by atoms with Gasteiger partial charge in [0.1, 0.15) is 0 Å². The summed E-state index contributed by atoms with van der Waals surface area (Å²) < 4.78 is 37.1. The Kier molecular flexibility index (Phi) is 6.20. The van der Waals surface area contributed by atoms with E-state index in [0.29, 0.717) is 37.6 Å². The first-order valence-corrected chi connectivity index (χ1v) is 10.4. The lowest BCUT2D eigenvalue weighted by Gasteiger charge is -2.21. The summed E-state index contributed by atoms with van der Waals surface area (Å²) in [5.41, 5.74) is 0.814. The van der Waals surface area contributed by atoms with Gasteiger partial charge in [0.05, 0.1) is 33.2 Å². The Balaban J connectivity index is 1.65. The van der Waals surface area contributed by atoms with Crippen molar-refractivity contribution in [3.05, 3.63) is 36.3 Å². The van der Waals surface area contributed by atoms with Crippen molar-refractivity contribution >= 4 is 15.9 Å². The Hall–Kier alpha value is -2.59. The van der Waals surface area contributed by atoms with E-state index in [1.807, 2.05) is 6.07 Å². The lowest BCUT2D eigenvalue weighted by molar-refractivity contribution is -0.130. The van der Waals surface area contributed by atoms with Gasteiger partial charge in [0, 0.05) is 26.2 Å². The molecule has 3 rings (SSSR count). The van der Waals surface area contributed by atoms with Gasteiger partial charge in [0.25, 0.3) is 10.0 Å². The monoisotopic (exact) mass is 408 g/mol. The molecule has 1 fully saturated rings. The van der Waals surface area contributed by atoms with E-state index in [1.54, 1.807) is 31.3 Å². The van der Waals surface area contributed by atoms with Crippen LogP contribution in [-0.4, -0.2) is 73.9 Å². The average molecular weight is 408 g/mol. The van der Waals surface area contributed by atoms with Gasteiger partial charge in [0.15, 0.2) is 16.5 Å². The van der Waals surface area contributed by atoms with Crippen molar-refractivity contribution in [3.63, 3.8) is 0 Å². The first-order valence-electron chi connectivity index (χ1n) is 8.93. The van der Waals surface area contributed by atoms with Crippen LogP contribution in [-0.2, 0) is 21.2 Å². The molecule has 0 atom stereocenters. The molecule has 0 bridgehead atoms. The number of rotatable bonds is 6. The van der Waals surface area contributed by atoms with E-state index in [2.05, 4.69) is 9.97 Å². The van der Waals surface area contributed by atoms with Crippen LogP contribution in [0.15, 0.2) is 35.7 Å². The van der Waals surface area contributed by atoms with Gasteiger partial charge in [-0.3, -0.25) is 4.79 Å². The maximum absolute atomic E-state index is 12.7. The minimum atomic E-state index is -3.62. The number of ether oxygens (including phenoxy) is 2. The number of imidazole rings is 1. The first kappa shape index (κ1) is 20.2. The summed E-state index contributed by atoms with van der Waals surface area (Å²) in [6.07, 6.45) is 3.42. The molecule has 2 heterocycles. The Morgan fingerprint density at radius 3 is 2.61 bits per heavy atom. The van der Waals surface area contributed by atoms with E-state index in [9.17, 15) is 13.2 Å². The largest absolute Gasteiger partial charge is 0.493 e. The fraction of sp³-hybridized carbons (Fsp3) is 0.444. The van der Waals surface area contributed by atoms with E-state index >= 15 is 0 Å². The lowest BCUT2D eigenvalue weighted by atomic mass is 10.1. The van der Waals surface area contributed by atoms with E-state index in [-0.39, 0.29) is 23.9 Å². The van der Waals surface area contributed by atoms with Gasteiger partial charge in [-0.2, -0.15) is 4.31 Å².